The van der Waals surface area contributed by atoms with Crippen LogP contribution in [-0.4, -0.2) is 5.60 Å². The summed E-state index contributed by atoms with van der Waals surface area (Å²) in [7, 11) is 0. The summed E-state index contributed by atoms with van der Waals surface area (Å²) in [5, 5.41) is 10.0. The zero-order chi connectivity index (χ0) is 27.7. The van der Waals surface area contributed by atoms with Crippen LogP contribution in [0.3, 0.4) is 0 Å². The van der Waals surface area contributed by atoms with E-state index in [9.17, 15) is 9.59 Å². The molecule has 6 heteroatoms. The van der Waals surface area contributed by atoms with Crippen LogP contribution in [0.4, 0.5) is 11.4 Å². The fraction of sp³-hybridized carbons (Fsp3) is 0.212. The van der Waals surface area contributed by atoms with Crippen LogP contribution in [0.15, 0.2) is 101 Å². The number of ether oxygens (including phenoxy) is 1. The Balaban J connectivity index is 1.49. The molecular formula is C33H31ClN2O3. The van der Waals surface area contributed by atoms with Crippen LogP contribution in [0.1, 0.15) is 56.5 Å². The van der Waals surface area contributed by atoms with E-state index in [-0.39, 0.29) is 23.5 Å². The molecule has 0 saturated carbocycles. The zero-order valence-corrected chi connectivity index (χ0v) is 23.2. The van der Waals surface area contributed by atoms with Crippen LogP contribution in [0.5, 0.6) is 5.75 Å². The lowest BCUT2D eigenvalue weighted by atomic mass is 9.94. The molecule has 0 aliphatic heterocycles. The zero-order valence-electron chi connectivity index (χ0n) is 22.4. The number of hydrogen-bond acceptors (Lipinski definition) is 5. The lowest BCUT2D eigenvalue weighted by Gasteiger charge is -2.26. The molecule has 0 saturated heterocycles. The molecule has 0 aromatic heterocycles. The molecule has 1 unspecified atom stereocenters. The maximum absolute atomic E-state index is 12.4. The normalized spacial score (nSPS) is 13.4. The van der Waals surface area contributed by atoms with Gasteiger partial charge in [0.15, 0.2) is 5.75 Å². The summed E-state index contributed by atoms with van der Waals surface area (Å²) < 4.78 is 5.76. The third-order valence-corrected chi connectivity index (χ3v) is 6.93. The highest BCUT2D eigenvalue weighted by atomic mass is 35.5. The first-order chi connectivity index (χ1) is 18.6. The summed E-state index contributed by atoms with van der Waals surface area (Å²) in [6.07, 6.45) is 0. The van der Waals surface area contributed by atoms with Gasteiger partial charge >= 0.3 is 0 Å². The monoisotopic (exact) mass is 538 g/mol. The molecule has 0 radical (unpaired) electrons. The van der Waals surface area contributed by atoms with Crippen molar-refractivity contribution >= 4 is 33.7 Å². The van der Waals surface area contributed by atoms with Gasteiger partial charge in [-0.15, -0.1) is 0 Å². The summed E-state index contributed by atoms with van der Waals surface area (Å²) in [6, 6.07) is 30.2. The number of anilines is 2. The minimum Gasteiger partial charge on any atom is -0.482 e. The molecule has 39 heavy (non-hydrogen) atoms. The van der Waals surface area contributed by atoms with E-state index in [2.05, 4.69) is 54.0 Å². The molecule has 5 rings (SSSR count). The number of rotatable bonds is 8. The highest BCUT2D eigenvalue weighted by Crippen LogP contribution is 2.32. The second kappa shape index (κ2) is 10.7. The number of benzene rings is 4. The predicted octanol–water partition coefficient (Wildman–Crippen LogP) is 7.45. The van der Waals surface area contributed by atoms with Gasteiger partial charge in [0, 0.05) is 16.8 Å². The standard InChI is InChI=1S/C33H31ClN2O3/c1-20(26-14-8-10-21-9-5-6-13-27(21)26)35-28(22-15-17-24(34)18-16-22)23-11-7-12-25(19-23)36-29-30(37)31(38)32(29)39-33(2,3)4/h5-20,28,35-36H,1-4H3/t20-,28?/m1/s1. The summed E-state index contributed by atoms with van der Waals surface area (Å²) in [5.74, 6) is 0.0786. The van der Waals surface area contributed by atoms with Gasteiger partial charge in [-0.1, -0.05) is 78.3 Å². The quantitative estimate of drug-likeness (QED) is 0.201. The van der Waals surface area contributed by atoms with Crippen LogP contribution in [0.25, 0.3) is 10.8 Å². The highest BCUT2D eigenvalue weighted by Gasteiger charge is 2.27. The predicted molar refractivity (Wildman–Crippen MR) is 160 cm³/mol. The van der Waals surface area contributed by atoms with Gasteiger partial charge in [0.25, 0.3) is 10.9 Å². The first kappa shape index (κ1) is 26.7. The van der Waals surface area contributed by atoms with E-state index in [1.165, 1.54) is 16.3 Å². The van der Waals surface area contributed by atoms with E-state index in [1.807, 2.05) is 75.4 Å². The Bertz CT molecular complexity index is 1690. The van der Waals surface area contributed by atoms with Crippen LogP contribution in [0, 0.1) is 0 Å². The molecule has 2 N–H and O–H groups in total. The summed E-state index contributed by atoms with van der Waals surface area (Å²) in [4.78, 5) is 24.6. The van der Waals surface area contributed by atoms with E-state index >= 15 is 0 Å². The molecule has 5 aromatic rings. The fourth-order valence-corrected chi connectivity index (χ4v) is 4.96. The maximum Gasteiger partial charge on any atom is 0.272 e. The largest absolute Gasteiger partial charge is 0.482 e. The van der Waals surface area contributed by atoms with Crippen LogP contribution >= 0.6 is 11.6 Å². The molecule has 0 spiro atoms. The van der Waals surface area contributed by atoms with Crippen molar-refractivity contribution in [3.63, 3.8) is 0 Å². The first-order valence-corrected chi connectivity index (χ1v) is 13.4. The van der Waals surface area contributed by atoms with E-state index < -0.39 is 16.5 Å². The van der Waals surface area contributed by atoms with Gasteiger partial charge in [0.2, 0.25) is 0 Å². The molecule has 198 valence electrons. The molecule has 0 heterocycles. The van der Waals surface area contributed by atoms with Crippen LogP contribution in [0.2, 0.25) is 5.02 Å². The first-order valence-electron chi connectivity index (χ1n) is 13.0. The summed E-state index contributed by atoms with van der Waals surface area (Å²) in [5.41, 5.74) is 2.35. The van der Waals surface area contributed by atoms with Crippen molar-refractivity contribution in [3.05, 3.63) is 133 Å². The Morgan fingerprint density at radius 3 is 2.23 bits per heavy atom. The SMILES string of the molecule is C[C@@H](NC(c1ccc(Cl)cc1)c1cccc(Nc2c(OC(C)(C)C)c(=O)c2=O)c1)c1cccc2ccccc12. The van der Waals surface area contributed by atoms with Crippen LogP contribution < -0.4 is 26.2 Å². The molecule has 0 bridgehead atoms. The van der Waals surface area contributed by atoms with Crippen molar-refractivity contribution in [2.45, 2.75) is 45.4 Å². The molecule has 0 amide bonds. The van der Waals surface area contributed by atoms with Crippen molar-refractivity contribution in [1.29, 1.82) is 0 Å². The third kappa shape index (κ3) is 5.75. The maximum atomic E-state index is 12.4. The van der Waals surface area contributed by atoms with Gasteiger partial charge in [-0.3, -0.25) is 14.9 Å². The average molecular weight is 539 g/mol. The molecule has 5 aromatic carbocycles. The Morgan fingerprint density at radius 1 is 0.795 bits per heavy atom. The van der Waals surface area contributed by atoms with Gasteiger partial charge in [-0.25, -0.2) is 0 Å². The van der Waals surface area contributed by atoms with Crippen molar-refractivity contribution in [2.75, 3.05) is 5.32 Å². The van der Waals surface area contributed by atoms with E-state index in [0.717, 1.165) is 11.1 Å². The second-order valence-electron chi connectivity index (χ2n) is 10.8. The molecule has 2 atom stereocenters. The Morgan fingerprint density at radius 2 is 1.49 bits per heavy atom. The highest BCUT2D eigenvalue weighted by molar-refractivity contribution is 6.30. The smallest absolute Gasteiger partial charge is 0.272 e. The molecule has 0 aliphatic carbocycles. The number of hydrogen-bond donors (Lipinski definition) is 2. The minimum atomic E-state index is -0.604. The van der Waals surface area contributed by atoms with Gasteiger partial charge in [0.05, 0.1) is 6.04 Å². The lowest BCUT2D eigenvalue weighted by Crippen LogP contribution is -2.39. The van der Waals surface area contributed by atoms with Gasteiger partial charge in [0.1, 0.15) is 11.3 Å². The molecule has 0 fully saturated rings. The van der Waals surface area contributed by atoms with E-state index in [0.29, 0.717) is 10.7 Å². The average Bonchev–Trinajstić information content (AvgIpc) is 2.93. The van der Waals surface area contributed by atoms with Gasteiger partial charge in [-0.2, -0.15) is 0 Å². The third-order valence-electron chi connectivity index (χ3n) is 6.67. The van der Waals surface area contributed by atoms with E-state index in [4.69, 9.17) is 16.3 Å². The molecule has 5 nitrogen and oxygen atoms in total. The summed E-state index contributed by atoms with van der Waals surface area (Å²) in [6.45, 7) is 7.68. The molecule has 0 aliphatic rings. The van der Waals surface area contributed by atoms with Gasteiger partial charge in [-0.05, 0) is 79.4 Å². The van der Waals surface area contributed by atoms with Crippen molar-refractivity contribution in [1.82, 2.24) is 5.32 Å². The Hall–Kier alpha value is -3.93. The minimum absolute atomic E-state index is 0.0220. The van der Waals surface area contributed by atoms with E-state index in [1.54, 1.807) is 0 Å². The lowest BCUT2D eigenvalue weighted by molar-refractivity contribution is 0.128. The Labute approximate surface area is 233 Å². The van der Waals surface area contributed by atoms with Crippen molar-refractivity contribution < 1.29 is 4.74 Å². The number of fused-ring (bicyclic) bond motifs is 1. The Kier molecular flexibility index (Phi) is 7.30. The van der Waals surface area contributed by atoms with Crippen LogP contribution in [-0.2, 0) is 0 Å². The fourth-order valence-electron chi connectivity index (χ4n) is 4.84. The van der Waals surface area contributed by atoms with Gasteiger partial charge < -0.3 is 10.1 Å². The molecular weight excluding hydrogens is 508 g/mol. The number of halogens is 1. The number of nitrogens with one attached hydrogen (secondary N) is 2. The van der Waals surface area contributed by atoms with Crippen molar-refractivity contribution in [2.24, 2.45) is 0 Å². The second-order valence-corrected chi connectivity index (χ2v) is 11.2. The van der Waals surface area contributed by atoms with Crippen molar-refractivity contribution in [3.8, 4) is 5.75 Å². The summed E-state index contributed by atoms with van der Waals surface area (Å²) >= 11 is 6.21. The topological polar surface area (TPSA) is 67.4 Å².